The maximum absolute atomic E-state index is 13.8. The fourth-order valence-electron chi connectivity index (χ4n) is 4.65. The molecule has 3 amide bonds. The first kappa shape index (κ1) is 33.9. The van der Waals surface area contributed by atoms with E-state index in [4.69, 9.17) is 13.9 Å². The van der Waals surface area contributed by atoms with Gasteiger partial charge in [0.05, 0.1) is 19.4 Å². The molecule has 0 aliphatic carbocycles. The van der Waals surface area contributed by atoms with Crippen LogP contribution in [0.5, 0.6) is 5.75 Å². The normalized spacial score (nSPS) is 13.1. The van der Waals surface area contributed by atoms with Gasteiger partial charge in [0.15, 0.2) is 5.76 Å². The molecule has 0 spiro atoms. The molecule has 1 heterocycles. The van der Waals surface area contributed by atoms with E-state index in [-0.39, 0.29) is 36.4 Å². The lowest BCUT2D eigenvalue weighted by Gasteiger charge is -2.26. The Morgan fingerprint density at radius 2 is 1.32 bits per heavy atom. The number of alkyl carbamates (subject to hydrolysis) is 1. The molecule has 236 valence electrons. The molecule has 0 saturated heterocycles. The summed E-state index contributed by atoms with van der Waals surface area (Å²) in [7, 11) is 1.56. The summed E-state index contributed by atoms with van der Waals surface area (Å²) in [5.74, 6) is -0.494. The van der Waals surface area contributed by atoms with Gasteiger partial charge in [0, 0.05) is 6.42 Å². The largest absolute Gasteiger partial charge is 0.497 e. The summed E-state index contributed by atoms with van der Waals surface area (Å²) in [5, 5.41) is 8.32. The van der Waals surface area contributed by atoms with Gasteiger partial charge in [-0.15, -0.1) is 0 Å². The van der Waals surface area contributed by atoms with Gasteiger partial charge in [-0.1, -0.05) is 70.2 Å². The van der Waals surface area contributed by atoms with Crippen molar-refractivity contribution in [2.75, 3.05) is 7.11 Å². The molecule has 3 rings (SSSR count). The Bertz CT molecular complexity index is 1340. The van der Waals surface area contributed by atoms with E-state index in [0.29, 0.717) is 18.6 Å². The van der Waals surface area contributed by atoms with Gasteiger partial charge in [-0.25, -0.2) is 4.79 Å². The average Bonchev–Trinajstić information content (AvgIpc) is 3.54. The van der Waals surface area contributed by atoms with E-state index in [1.165, 1.54) is 6.26 Å². The van der Waals surface area contributed by atoms with Gasteiger partial charge in [-0.2, -0.15) is 0 Å². The number of amides is 3. The highest BCUT2D eigenvalue weighted by Gasteiger charge is 2.31. The summed E-state index contributed by atoms with van der Waals surface area (Å²) >= 11 is 0. The average molecular weight is 606 g/mol. The van der Waals surface area contributed by atoms with Crippen molar-refractivity contribution in [2.24, 2.45) is 11.8 Å². The molecule has 44 heavy (non-hydrogen) atoms. The highest BCUT2D eigenvalue weighted by molar-refractivity contribution is 6.01. The number of ketones is 1. The van der Waals surface area contributed by atoms with Crippen LogP contribution in [0.25, 0.3) is 0 Å². The Labute approximate surface area is 258 Å². The minimum Gasteiger partial charge on any atom is -0.497 e. The van der Waals surface area contributed by atoms with E-state index in [0.717, 1.165) is 11.1 Å². The van der Waals surface area contributed by atoms with Crippen molar-refractivity contribution in [1.29, 1.82) is 0 Å². The molecule has 2 aromatic carbocycles. The predicted molar refractivity (Wildman–Crippen MR) is 166 cm³/mol. The second-order valence-electron chi connectivity index (χ2n) is 11.5. The van der Waals surface area contributed by atoms with Gasteiger partial charge >= 0.3 is 6.09 Å². The van der Waals surface area contributed by atoms with Crippen molar-refractivity contribution in [2.45, 2.75) is 71.7 Å². The number of ether oxygens (including phenoxy) is 2. The Hall–Kier alpha value is -4.60. The highest BCUT2D eigenvalue weighted by atomic mass is 16.5. The number of Topliss-reactive ketones (excluding diaryl/α,β-unsaturated/α-hetero) is 1. The number of hydrogen-bond donors (Lipinski definition) is 3. The lowest BCUT2D eigenvalue weighted by molar-refractivity contribution is -0.130. The molecule has 1 aromatic heterocycles. The predicted octanol–water partition coefficient (Wildman–Crippen LogP) is 5.07. The maximum atomic E-state index is 13.8. The van der Waals surface area contributed by atoms with Crippen molar-refractivity contribution >= 4 is 23.7 Å². The lowest BCUT2D eigenvalue weighted by atomic mass is 9.97. The molecule has 0 saturated carbocycles. The lowest BCUT2D eigenvalue weighted by Crippen LogP contribution is -2.56. The van der Waals surface area contributed by atoms with E-state index < -0.39 is 36.0 Å². The molecular formula is C34H43N3O7. The van der Waals surface area contributed by atoms with Crippen LogP contribution < -0.4 is 20.7 Å². The minimum absolute atomic E-state index is 0.0477. The molecule has 3 aromatic rings. The van der Waals surface area contributed by atoms with Gasteiger partial charge in [-0.3, -0.25) is 14.4 Å². The SMILES string of the molecule is COc1ccc(C[C@H](NC(=O)[C@H](CC(C)C)NC(=O)OCc2ccccc2)C(=O)N[C@@H](CC(C)C)C(=O)c2ccco2)cc1. The summed E-state index contributed by atoms with van der Waals surface area (Å²) in [6, 6.07) is 16.6. The standard InChI is InChI=1S/C34H43N3O7/c1-22(2)18-27(31(38)30-12-9-17-43-30)35-33(40)29(20-24-13-15-26(42-5)16-14-24)36-32(39)28(19-23(3)4)37-34(41)44-21-25-10-7-6-8-11-25/h6-17,22-23,27-29H,18-21H2,1-5H3,(H,35,40)(H,36,39)(H,37,41)/t27-,28-,29-/m0/s1. The topological polar surface area (TPSA) is 136 Å². The molecule has 0 aliphatic heterocycles. The van der Waals surface area contributed by atoms with E-state index in [2.05, 4.69) is 16.0 Å². The molecule has 0 aliphatic rings. The molecule has 10 heteroatoms. The molecule has 10 nitrogen and oxygen atoms in total. The zero-order valence-corrected chi connectivity index (χ0v) is 26.0. The number of furan rings is 1. The smallest absolute Gasteiger partial charge is 0.408 e. The van der Waals surface area contributed by atoms with Crippen LogP contribution in [0.3, 0.4) is 0 Å². The fraction of sp³-hybridized carbons (Fsp3) is 0.412. The number of benzene rings is 2. The summed E-state index contributed by atoms with van der Waals surface area (Å²) < 4.78 is 15.9. The second-order valence-corrected chi connectivity index (χ2v) is 11.5. The van der Waals surface area contributed by atoms with Crippen molar-refractivity contribution in [3.63, 3.8) is 0 Å². The van der Waals surface area contributed by atoms with E-state index in [1.807, 2.05) is 58.0 Å². The van der Waals surface area contributed by atoms with Gasteiger partial charge in [0.1, 0.15) is 24.4 Å². The third-order valence-electron chi connectivity index (χ3n) is 6.86. The van der Waals surface area contributed by atoms with Crippen LogP contribution in [0.2, 0.25) is 0 Å². The quantitative estimate of drug-likeness (QED) is 0.194. The Morgan fingerprint density at radius 1 is 0.705 bits per heavy atom. The van der Waals surface area contributed by atoms with Crippen LogP contribution in [-0.4, -0.2) is 48.9 Å². The van der Waals surface area contributed by atoms with Crippen molar-refractivity contribution < 1.29 is 33.1 Å². The van der Waals surface area contributed by atoms with Crippen LogP contribution in [0.4, 0.5) is 4.79 Å². The number of hydrogen-bond acceptors (Lipinski definition) is 7. The molecule has 0 bridgehead atoms. The van der Waals surface area contributed by atoms with Gasteiger partial charge in [0.2, 0.25) is 17.6 Å². The zero-order valence-electron chi connectivity index (χ0n) is 26.0. The maximum Gasteiger partial charge on any atom is 0.408 e. The summed E-state index contributed by atoms with van der Waals surface area (Å²) in [5.41, 5.74) is 1.57. The van der Waals surface area contributed by atoms with Crippen molar-refractivity contribution in [1.82, 2.24) is 16.0 Å². The fourth-order valence-corrected chi connectivity index (χ4v) is 4.65. The zero-order chi connectivity index (χ0) is 32.1. The first-order chi connectivity index (χ1) is 21.0. The van der Waals surface area contributed by atoms with Crippen LogP contribution in [-0.2, 0) is 27.4 Å². The summed E-state index contributed by atoms with van der Waals surface area (Å²) in [4.78, 5) is 53.2. The Balaban J connectivity index is 1.79. The first-order valence-corrected chi connectivity index (χ1v) is 14.8. The molecule has 3 N–H and O–H groups in total. The van der Waals surface area contributed by atoms with E-state index >= 15 is 0 Å². The van der Waals surface area contributed by atoms with Gasteiger partial charge < -0.3 is 29.8 Å². The molecule has 0 radical (unpaired) electrons. The summed E-state index contributed by atoms with van der Waals surface area (Å²) in [6.07, 6.45) is 1.49. The summed E-state index contributed by atoms with van der Waals surface area (Å²) in [6.45, 7) is 7.80. The first-order valence-electron chi connectivity index (χ1n) is 14.8. The van der Waals surface area contributed by atoms with Crippen LogP contribution >= 0.6 is 0 Å². The number of carbonyl (C=O) groups is 4. The number of rotatable bonds is 16. The van der Waals surface area contributed by atoms with Crippen molar-refractivity contribution in [3.05, 3.63) is 89.9 Å². The van der Waals surface area contributed by atoms with Crippen LogP contribution in [0.15, 0.2) is 77.4 Å². The Kier molecular flexibility index (Phi) is 13.0. The van der Waals surface area contributed by atoms with E-state index in [9.17, 15) is 19.2 Å². The van der Waals surface area contributed by atoms with Gasteiger partial charge in [0.25, 0.3) is 0 Å². The van der Waals surface area contributed by atoms with Crippen molar-refractivity contribution in [3.8, 4) is 5.75 Å². The number of nitrogens with one attached hydrogen (secondary N) is 3. The third kappa shape index (κ3) is 10.9. The van der Waals surface area contributed by atoms with E-state index in [1.54, 1.807) is 43.5 Å². The highest BCUT2D eigenvalue weighted by Crippen LogP contribution is 2.16. The van der Waals surface area contributed by atoms with Gasteiger partial charge in [-0.05, 0) is 60.1 Å². The second kappa shape index (κ2) is 16.9. The molecular weight excluding hydrogens is 562 g/mol. The number of carbonyl (C=O) groups excluding carboxylic acids is 4. The molecule has 0 unspecified atom stereocenters. The van der Waals surface area contributed by atoms with Crippen LogP contribution in [0, 0.1) is 11.8 Å². The third-order valence-corrected chi connectivity index (χ3v) is 6.86. The monoisotopic (exact) mass is 605 g/mol. The number of methoxy groups -OCH3 is 1. The van der Waals surface area contributed by atoms with Crippen LogP contribution in [0.1, 0.15) is 62.2 Å². The molecule has 0 fully saturated rings. The minimum atomic E-state index is -1.05. The Morgan fingerprint density at radius 3 is 1.91 bits per heavy atom. The molecule has 3 atom stereocenters.